The van der Waals surface area contributed by atoms with E-state index in [2.05, 4.69) is 21.2 Å². The molecule has 5 heteroatoms. The first kappa shape index (κ1) is 19.2. The average Bonchev–Trinajstić information content (AvgIpc) is 2.59. The zero-order valence-electron chi connectivity index (χ0n) is 14.8. The highest BCUT2D eigenvalue weighted by Crippen LogP contribution is 2.16. The molecule has 2 amide bonds. The van der Waals surface area contributed by atoms with Crippen LogP contribution in [-0.4, -0.2) is 29.8 Å². The van der Waals surface area contributed by atoms with Gasteiger partial charge in [-0.2, -0.15) is 0 Å². The Morgan fingerprint density at radius 3 is 2.40 bits per heavy atom. The van der Waals surface area contributed by atoms with Gasteiger partial charge in [0.15, 0.2) is 0 Å². The monoisotopic (exact) mass is 402 g/mol. The van der Waals surface area contributed by atoms with Crippen LogP contribution in [0.1, 0.15) is 23.6 Å². The summed E-state index contributed by atoms with van der Waals surface area (Å²) in [7, 11) is 1.58. The van der Waals surface area contributed by atoms with E-state index in [-0.39, 0.29) is 18.2 Å². The third kappa shape index (κ3) is 5.43. The Labute approximate surface area is 157 Å². The summed E-state index contributed by atoms with van der Waals surface area (Å²) in [6, 6.07) is 15.1. The SMILES string of the molecule is CNC(=O)[C@@H](C)N(Cc1ccc(Br)cc1)C(=O)Cc1cccc(C)c1. The Kier molecular flexibility index (Phi) is 6.76. The molecule has 1 atom stereocenters. The summed E-state index contributed by atoms with van der Waals surface area (Å²) in [5.74, 6) is -0.237. The molecule has 0 saturated heterocycles. The largest absolute Gasteiger partial charge is 0.357 e. The molecule has 0 radical (unpaired) electrons. The zero-order valence-corrected chi connectivity index (χ0v) is 16.3. The summed E-state index contributed by atoms with van der Waals surface area (Å²) in [4.78, 5) is 26.6. The number of halogens is 1. The molecule has 0 aromatic heterocycles. The molecule has 132 valence electrons. The van der Waals surface area contributed by atoms with E-state index in [9.17, 15) is 9.59 Å². The second-order valence-corrected chi connectivity index (χ2v) is 7.02. The van der Waals surface area contributed by atoms with Crippen molar-refractivity contribution in [3.63, 3.8) is 0 Å². The maximum atomic E-state index is 12.9. The van der Waals surface area contributed by atoms with E-state index in [0.717, 1.165) is 21.2 Å². The molecule has 25 heavy (non-hydrogen) atoms. The standard InChI is InChI=1S/C20H23BrN2O2/c1-14-5-4-6-17(11-14)12-19(24)23(15(2)20(25)22-3)13-16-7-9-18(21)10-8-16/h4-11,15H,12-13H2,1-3H3,(H,22,25)/t15-/m1/s1. The van der Waals surface area contributed by atoms with Crippen molar-refractivity contribution in [3.8, 4) is 0 Å². The Hall–Kier alpha value is -2.14. The van der Waals surface area contributed by atoms with E-state index >= 15 is 0 Å². The van der Waals surface area contributed by atoms with Gasteiger partial charge in [0, 0.05) is 18.1 Å². The molecule has 0 unspecified atom stereocenters. The van der Waals surface area contributed by atoms with Gasteiger partial charge in [0.25, 0.3) is 0 Å². The van der Waals surface area contributed by atoms with Crippen LogP contribution in [0.15, 0.2) is 53.0 Å². The maximum Gasteiger partial charge on any atom is 0.242 e. The fraction of sp³-hybridized carbons (Fsp3) is 0.300. The van der Waals surface area contributed by atoms with Crippen molar-refractivity contribution >= 4 is 27.7 Å². The van der Waals surface area contributed by atoms with Crippen molar-refractivity contribution in [1.82, 2.24) is 10.2 Å². The van der Waals surface area contributed by atoms with Crippen molar-refractivity contribution in [3.05, 3.63) is 69.7 Å². The number of benzene rings is 2. The molecule has 2 rings (SSSR count). The minimum atomic E-state index is -0.536. The van der Waals surface area contributed by atoms with Crippen molar-refractivity contribution in [2.45, 2.75) is 32.9 Å². The zero-order chi connectivity index (χ0) is 18.4. The topological polar surface area (TPSA) is 49.4 Å². The first-order chi connectivity index (χ1) is 11.9. The van der Waals surface area contributed by atoms with Crippen LogP contribution < -0.4 is 5.32 Å². The summed E-state index contributed by atoms with van der Waals surface area (Å²) >= 11 is 3.41. The first-order valence-corrected chi connectivity index (χ1v) is 9.01. The van der Waals surface area contributed by atoms with E-state index in [0.29, 0.717) is 6.54 Å². The number of hydrogen-bond donors (Lipinski definition) is 1. The molecule has 2 aromatic carbocycles. The van der Waals surface area contributed by atoms with E-state index in [1.165, 1.54) is 0 Å². The Bertz CT molecular complexity index is 744. The summed E-state index contributed by atoms with van der Waals surface area (Å²) in [5, 5.41) is 2.63. The lowest BCUT2D eigenvalue weighted by atomic mass is 10.1. The molecule has 0 heterocycles. The summed E-state index contributed by atoms with van der Waals surface area (Å²) in [5.41, 5.74) is 3.05. The second-order valence-electron chi connectivity index (χ2n) is 6.10. The van der Waals surface area contributed by atoms with Crippen molar-refractivity contribution in [2.24, 2.45) is 0 Å². The molecule has 2 aromatic rings. The molecule has 0 fully saturated rings. The summed E-state index contributed by atoms with van der Waals surface area (Å²) < 4.78 is 0.980. The van der Waals surface area contributed by atoms with Gasteiger partial charge in [-0.1, -0.05) is 57.9 Å². The summed E-state index contributed by atoms with van der Waals surface area (Å²) in [6.45, 7) is 4.15. The third-order valence-corrected chi connectivity index (χ3v) is 4.65. The van der Waals surface area contributed by atoms with Crippen molar-refractivity contribution < 1.29 is 9.59 Å². The highest BCUT2D eigenvalue weighted by molar-refractivity contribution is 9.10. The van der Waals surface area contributed by atoms with Crippen molar-refractivity contribution in [1.29, 1.82) is 0 Å². The van der Waals surface area contributed by atoms with Crippen LogP contribution in [0.4, 0.5) is 0 Å². The number of nitrogens with one attached hydrogen (secondary N) is 1. The van der Waals surface area contributed by atoms with Gasteiger partial charge in [-0.3, -0.25) is 9.59 Å². The fourth-order valence-corrected chi connectivity index (χ4v) is 2.94. The van der Waals surface area contributed by atoms with Crippen LogP contribution in [0, 0.1) is 6.92 Å². The van der Waals surface area contributed by atoms with E-state index in [1.807, 2.05) is 55.5 Å². The van der Waals surface area contributed by atoms with E-state index in [4.69, 9.17) is 0 Å². The number of nitrogens with zero attached hydrogens (tertiary/aromatic N) is 1. The van der Waals surface area contributed by atoms with Gasteiger partial charge in [-0.05, 0) is 37.1 Å². The second kappa shape index (κ2) is 8.81. The predicted octanol–water partition coefficient (Wildman–Crippen LogP) is 3.46. The third-order valence-electron chi connectivity index (χ3n) is 4.12. The number of amides is 2. The Morgan fingerprint density at radius 2 is 1.80 bits per heavy atom. The van der Waals surface area contributed by atoms with Gasteiger partial charge in [0.1, 0.15) is 6.04 Å². The van der Waals surface area contributed by atoms with Gasteiger partial charge in [-0.25, -0.2) is 0 Å². The van der Waals surface area contributed by atoms with Crippen LogP contribution in [0.5, 0.6) is 0 Å². The molecule has 0 aliphatic carbocycles. The number of hydrogen-bond acceptors (Lipinski definition) is 2. The highest BCUT2D eigenvalue weighted by Gasteiger charge is 2.25. The van der Waals surface area contributed by atoms with Gasteiger partial charge in [0.05, 0.1) is 6.42 Å². The van der Waals surface area contributed by atoms with Crippen LogP contribution in [0.25, 0.3) is 0 Å². The van der Waals surface area contributed by atoms with Gasteiger partial charge >= 0.3 is 0 Å². The molecular formula is C20H23BrN2O2. The number of rotatable bonds is 6. The lowest BCUT2D eigenvalue weighted by Crippen LogP contribution is -2.47. The number of carbonyl (C=O) groups excluding carboxylic acids is 2. The number of aryl methyl sites for hydroxylation is 1. The molecule has 1 N–H and O–H groups in total. The van der Waals surface area contributed by atoms with Crippen LogP contribution in [-0.2, 0) is 22.6 Å². The Balaban J connectivity index is 2.21. The molecule has 0 saturated carbocycles. The fourth-order valence-electron chi connectivity index (χ4n) is 2.68. The lowest BCUT2D eigenvalue weighted by Gasteiger charge is -2.28. The van der Waals surface area contributed by atoms with Crippen molar-refractivity contribution in [2.75, 3.05) is 7.05 Å². The van der Waals surface area contributed by atoms with Crippen LogP contribution in [0.2, 0.25) is 0 Å². The smallest absolute Gasteiger partial charge is 0.242 e. The Morgan fingerprint density at radius 1 is 1.12 bits per heavy atom. The average molecular weight is 403 g/mol. The summed E-state index contributed by atoms with van der Waals surface area (Å²) in [6.07, 6.45) is 0.277. The number of carbonyl (C=O) groups is 2. The first-order valence-electron chi connectivity index (χ1n) is 8.21. The van der Waals surface area contributed by atoms with Gasteiger partial charge in [-0.15, -0.1) is 0 Å². The predicted molar refractivity (Wildman–Crippen MR) is 103 cm³/mol. The molecule has 0 spiro atoms. The van der Waals surface area contributed by atoms with Crippen LogP contribution in [0.3, 0.4) is 0 Å². The van der Waals surface area contributed by atoms with E-state index in [1.54, 1.807) is 18.9 Å². The van der Waals surface area contributed by atoms with Crippen LogP contribution >= 0.6 is 15.9 Å². The number of likely N-dealkylation sites (N-methyl/N-ethyl adjacent to an activating group) is 1. The van der Waals surface area contributed by atoms with Gasteiger partial charge in [0.2, 0.25) is 11.8 Å². The minimum Gasteiger partial charge on any atom is -0.357 e. The molecule has 0 bridgehead atoms. The normalized spacial score (nSPS) is 11.7. The lowest BCUT2D eigenvalue weighted by molar-refractivity contribution is -0.139. The van der Waals surface area contributed by atoms with E-state index < -0.39 is 6.04 Å². The molecule has 0 aliphatic rings. The highest BCUT2D eigenvalue weighted by atomic mass is 79.9. The van der Waals surface area contributed by atoms with Gasteiger partial charge < -0.3 is 10.2 Å². The maximum absolute atomic E-state index is 12.9. The molecule has 4 nitrogen and oxygen atoms in total. The quantitative estimate of drug-likeness (QED) is 0.803. The minimum absolute atomic E-state index is 0.0652. The molecule has 0 aliphatic heterocycles. The molecular weight excluding hydrogens is 380 g/mol.